The smallest absolute Gasteiger partial charge is 0.227 e. The van der Waals surface area contributed by atoms with Gasteiger partial charge in [-0.2, -0.15) is 0 Å². The molecule has 0 fully saturated rings. The number of benzene rings is 1. The van der Waals surface area contributed by atoms with E-state index in [1.54, 1.807) is 0 Å². The van der Waals surface area contributed by atoms with E-state index in [1.807, 2.05) is 43.3 Å². The van der Waals surface area contributed by atoms with Crippen LogP contribution in [-0.2, 0) is 4.79 Å². The highest BCUT2D eigenvalue weighted by Gasteiger charge is 2.12. The van der Waals surface area contributed by atoms with Gasteiger partial charge in [-0.1, -0.05) is 50.5 Å². The first-order valence-corrected chi connectivity index (χ1v) is 7.21. The summed E-state index contributed by atoms with van der Waals surface area (Å²) in [5, 5.41) is 2.95. The van der Waals surface area contributed by atoms with Crippen molar-refractivity contribution in [1.82, 2.24) is 0 Å². The number of carbonyl (C=O) groups excluding carboxylic acids is 1. The molecule has 1 aromatic rings. The molecule has 0 aromatic heterocycles. The molecule has 1 atom stereocenters. The van der Waals surface area contributed by atoms with Crippen LogP contribution in [-0.4, -0.2) is 5.91 Å². The zero-order valence-electron chi connectivity index (χ0n) is 11.9. The molecule has 1 unspecified atom stereocenters. The molecule has 0 spiro atoms. The average molecular weight is 259 g/mol. The van der Waals surface area contributed by atoms with Crippen LogP contribution in [0.4, 0.5) is 5.69 Å². The minimum Gasteiger partial charge on any atom is -0.326 e. The highest BCUT2D eigenvalue weighted by Crippen LogP contribution is 2.14. The van der Waals surface area contributed by atoms with Gasteiger partial charge < -0.3 is 5.32 Å². The second kappa shape index (κ2) is 9.37. The molecule has 19 heavy (non-hydrogen) atoms. The summed E-state index contributed by atoms with van der Waals surface area (Å²) in [6, 6.07) is 9.64. The van der Waals surface area contributed by atoms with Gasteiger partial charge in [0.15, 0.2) is 0 Å². The van der Waals surface area contributed by atoms with Gasteiger partial charge >= 0.3 is 0 Å². The van der Waals surface area contributed by atoms with Crippen molar-refractivity contribution < 1.29 is 4.79 Å². The molecule has 1 N–H and O–H groups in total. The van der Waals surface area contributed by atoms with Crippen LogP contribution in [0.25, 0.3) is 0 Å². The number of carbonyl (C=O) groups is 1. The maximum Gasteiger partial charge on any atom is 0.227 e. The third kappa shape index (κ3) is 6.80. The van der Waals surface area contributed by atoms with E-state index in [4.69, 9.17) is 0 Å². The summed E-state index contributed by atoms with van der Waals surface area (Å²) in [4.78, 5) is 12.0. The number of allylic oxidation sites excluding steroid dienone is 1. The highest BCUT2D eigenvalue weighted by molar-refractivity contribution is 5.92. The van der Waals surface area contributed by atoms with Crippen molar-refractivity contribution in [3.05, 3.63) is 43.0 Å². The van der Waals surface area contributed by atoms with Crippen LogP contribution >= 0.6 is 0 Å². The quantitative estimate of drug-likeness (QED) is 0.501. The Hall–Kier alpha value is -1.57. The Bertz CT molecular complexity index is 372. The third-order valence-electron chi connectivity index (χ3n) is 3.28. The molecule has 0 aliphatic heterocycles. The van der Waals surface area contributed by atoms with Crippen molar-refractivity contribution in [3.8, 4) is 0 Å². The van der Waals surface area contributed by atoms with E-state index in [0.29, 0.717) is 0 Å². The van der Waals surface area contributed by atoms with Gasteiger partial charge in [0.1, 0.15) is 0 Å². The normalized spacial score (nSPS) is 11.8. The van der Waals surface area contributed by atoms with E-state index in [1.165, 1.54) is 19.3 Å². The number of rotatable bonds is 9. The lowest BCUT2D eigenvalue weighted by Crippen LogP contribution is -2.20. The zero-order chi connectivity index (χ0) is 13.9. The second-order valence-corrected chi connectivity index (χ2v) is 5.04. The molecular weight excluding hydrogens is 234 g/mol. The summed E-state index contributed by atoms with van der Waals surface area (Å²) < 4.78 is 0. The van der Waals surface area contributed by atoms with Gasteiger partial charge in [-0.25, -0.2) is 0 Å². The number of nitrogens with one attached hydrogen (secondary N) is 1. The molecule has 1 aromatic carbocycles. The first kappa shape index (κ1) is 15.5. The molecular formula is C17H25NO. The number of para-hydroxylation sites is 1. The van der Waals surface area contributed by atoms with E-state index in [9.17, 15) is 4.79 Å². The number of amides is 1. The van der Waals surface area contributed by atoms with Gasteiger partial charge in [-0.15, -0.1) is 6.58 Å². The summed E-state index contributed by atoms with van der Waals surface area (Å²) in [5.41, 5.74) is 0.880. The molecule has 0 saturated carbocycles. The van der Waals surface area contributed by atoms with Crippen LogP contribution in [0.1, 0.15) is 45.4 Å². The van der Waals surface area contributed by atoms with Gasteiger partial charge in [0, 0.05) is 11.6 Å². The second-order valence-electron chi connectivity index (χ2n) is 5.04. The molecule has 0 bridgehead atoms. The van der Waals surface area contributed by atoms with Crippen LogP contribution < -0.4 is 5.32 Å². The SMILES string of the molecule is C=CCCCCCCC(C)C(=O)Nc1ccccc1. The molecule has 0 heterocycles. The van der Waals surface area contributed by atoms with E-state index in [0.717, 1.165) is 24.9 Å². The van der Waals surface area contributed by atoms with Crippen molar-refractivity contribution >= 4 is 11.6 Å². The maximum absolute atomic E-state index is 12.0. The Morgan fingerprint density at radius 3 is 2.58 bits per heavy atom. The topological polar surface area (TPSA) is 29.1 Å². The van der Waals surface area contributed by atoms with Crippen LogP contribution in [0.2, 0.25) is 0 Å². The van der Waals surface area contributed by atoms with E-state index >= 15 is 0 Å². The minimum absolute atomic E-state index is 0.0830. The fraction of sp³-hybridized carbons (Fsp3) is 0.471. The Morgan fingerprint density at radius 1 is 1.21 bits per heavy atom. The lowest BCUT2D eigenvalue weighted by molar-refractivity contribution is -0.119. The largest absolute Gasteiger partial charge is 0.326 e. The van der Waals surface area contributed by atoms with Crippen molar-refractivity contribution in [3.63, 3.8) is 0 Å². The predicted molar refractivity (Wildman–Crippen MR) is 82.1 cm³/mol. The van der Waals surface area contributed by atoms with E-state index < -0.39 is 0 Å². The summed E-state index contributed by atoms with van der Waals surface area (Å²) in [7, 11) is 0. The number of unbranched alkanes of at least 4 members (excludes halogenated alkanes) is 4. The van der Waals surface area contributed by atoms with Crippen LogP contribution in [0.3, 0.4) is 0 Å². The zero-order valence-corrected chi connectivity index (χ0v) is 11.9. The first-order chi connectivity index (χ1) is 9.24. The summed E-state index contributed by atoms with van der Waals surface area (Å²) in [6.07, 6.45) is 8.82. The molecule has 1 amide bonds. The molecule has 0 radical (unpaired) electrons. The molecule has 0 aliphatic carbocycles. The van der Waals surface area contributed by atoms with Crippen molar-refractivity contribution in [2.24, 2.45) is 5.92 Å². The first-order valence-electron chi connectivity index (χ1n) is 7.21. The van der Waals surface area contributed by atoms with E-state index in [-0.39, 0.29) is 11.8 Å². The Morgan fingerprint density at radius 2 is 1.89 bits per heavy atom. The summed E-state index contributed by atoms with van der Waals surface area (Å²) >= 11 is 0. The lowest BCUT2D eigenvalue weighted by Gasteiger charge is -2.12. The molecule has 0 aliphatic rings. The molecule has 104 valence electrons. The van der Waals surface area contributed by atoms with Gasteiger partial charge in [0.25, 0.3) is 0 Å². The molecule has 2 heteroatoms. The standard InChI is InChI=1S/C17H25NO/c1-3-4-5-6-7-9-12-15(2)17(19)18-16-13-10-8-11-14-16/h3,8,10-11,13-15H,1,4-7,9,12H2,2H3,(H,18,19). The van der Waals surface area contributed by atoms with Gasteiger partial charge in [0.2, 0.25) is 5.91 Å². The van der Waals surface area contributed by atoms with Crippen LogP contribution in [0.5, 0.6) is 0 Å². The average Bonchev–Trinajstić information content (AvgIpc) is 2.43. The summed E-state index contributed by atoms with van der Waals surface area (Å²) in [5.74, 6) is 0.205. The minimum atomic E-state index is 0.0830. The van der Waals surface area contributed by atoms with Gasteiger partial charge in [0.05, 0.1) is 0 Å². The van der Waals surface area contributed by atoms with Crippen LogP contribution in [0.15, 0.2) is 43.0 Å². The monoisotopic (exact) mass is 259 g/mol. The Balaban J connectivity index is 2.16. The van der Waals surface area contributed by atoms with Crippen molar-refractivity contribution in [2.45, 2.75) is 45.4 Å². The Labute approximate surface area is 116 Å². The molecule has 2 nitrogen and oxygen atoms in total. The highest BCUT2D eigenvalue weighted by atomic mass is 16.1. The molecule has 1 rings (SSSR count). The number of anilines is 1. The summed E-state index contributed by atoms with van der Waals surface area (Å²) in [6.45, 7) is 5.72. The Kier molecular flexibility index (Phi) is 7.64. The molecule has 0 saturated heterocycles. The fourth-order valence-electron chi connectivity index (χ4n) is 2.01. The van der Waals surface area contributed by atoms with Gasteiger partial charge in [-0.3, -0.25) is 4.79 Å². The van der Waals surface area contributed by atoms with Crippen LogP contribution in [0, 0.1) is 5.92 Å². The van der Waals surface area contributed by atoms with E-state index in [2.05, 4.69) is 11.9 Å². The maximum atomic E-state index is 12.0. The van der Waals surface area contributed by atoms with Crippen molar-refractivity contribution in [2.75, 3.05) is 5.32 Å². The number of hydrogen-bond acceptors (Lipinski definition) is 1. The fourth-order valence-corrected chi connectivity index (χ4v) is 2.01. The third-order valence-corrected chi connectivity index (χ3v) is 3.28. The number of hydrogen-bond donors (Lipinski definition) is 1. The predicted octanol–water partition coefficient (Wildman–Crippen LogP) is 4.79. The van der Waals surface area contributed by atoms with Crippen molar-refractivity contribution in [1.29, 1.82) is 0 Å². The lowest BCUT2D eigenvalue weighted by atomic mass is 10.0. The van der Waals surface area contributed by atoms with Gasteiger partial charge in [-0.05, 0) is 31.4 Å².